The van der Waals surface area contributed by atoms with Gasteiger partial charge in [-0.2, -0.15) is 0 Å². The van der Waals surface area contributed by atoms with Crippen LogP contribution in [0, 0.1) is 0 Å². The molecule has 0 aliphatic carbocycles. The molecule has 0 aromatic carbocycles. The number of hydrogen-bond acceptors (Lipinski definition) is 5. The zero-order chi connectivity index (χ0) is 43.5. The number of esters is 2. The summed E-state index contributed by atoms with van der Waals surface area (Å²) in [6.45, 7) is 7.52. The first-order chi connectivity index (χ1) is 29.6. The zero-order valence-electron chi connectivity index (χ0n) is 39.2. The van der Waals surface area contributed by atoms with E-state index in [4.69, 9.17) is 14.2 Å². The molecule has 0 aliphatic rings. The van der Waals surface area contributed by atoms with E-state index in [0.29, 0.717) is 19.4 Å². The van der Waals surface area contributed by atoms with Gasteiger partial charge in [0.05, 0.1) is 6.61 Å². The van der Waals surface area contributed by atoms with Crippen molar-refractivity contribution in [2.45, 2.75) is 219 Å². The van der Waals surface area contributed by atoms with Crippen molar-refractivity contribution in [1.82, 2.24) is 0 Å². The Hall–Kier alpha value is -3.18. The van der Waals surface area contributed by atoms with Gasteiger partial charge in [0.25, 0.3) is 0 Å². The lowest BCUT2D eigenvalue weighted by molar-refractivity contribution is -0.163. The lowest BCUT2D eigenvalue weighted by Crippen LogP contribution is -2.30. The van der Waals surface area contributed by atoms with Crippen LogP contribution in [0.1, 0.15) is 213 Å². The van der Waals surface area contributed by atoms with Gasteiger partial charge in [-0.1, -0.05) is 201 Å². The van der Waals surface area contributed by atoms with Crippen molar-refractivity contribution in [3.8, 4) is 0 Å². The molecular weight excluding hydrogens is 741 g/mol. The highest BCUT2D eigenvalue weighted by molar-refractivity contribution is 5.70. The van der Waals surface area contributed by atoms with Crippen LogP contribution in [0.2, 0.25) is 0 Å². The molecule has 0 saturated carbocycles. The Labute approximate surface area is 371 Å². The molecule has 5 nitrogen and oxygen atoms in total. The van der Waals surface area contributed by atoms with Gasteiger partial charge in [0.1, 0.15) is 6.61 Å². The van der Waals surface area contributed by atoms with Crippen molar-refractivity contribution < 1.29 is 23.8 Å². The number of carbonyl (C=O) groups is 2. The van der Waals surface area contributed by atoms with Crippen LogP contribution in [0.15, 0.2) is 97.2 Å². The van der Waals surface area contributed by atoms with E-state index in [0.717, 1.165) is 109 Å². The van der Waals surface area contributed by atoms with Crippen molar-refractivity contribution in [2.24, 2.45) is 0 Å². The largest absolute Gasteiger partial charge is 0.462 e. The van der Waals surface area contributed by atoms with E-state index >= 15 is 0 Å². The minimum absolute atomic E-state index is 0.0589. The molecule has 60 heavy (non-hydrogen) atoms. The fourth-order valence-electron chi connectivity index (χ4n) is 6.49. The lowest BCUT2D eigenvalue weighted by atomic mass is 10.1. The molecule has 0 aromatic heterocycles. The van der Waals surface area contributed by atoms with Crippen molar-refractivity contribution in [2.75, 3.05) is 19.8 Å². The van der Waals surface area contributed by atoms with Gasteiger partial charge in [-0.3, -0.25) is 9.59 Å². The molecule has 0 aliphatic heterocycles. The third kappa shape index (κ3) is 47.5. The van der Waals surface area contributed by atoms with Crippen molar-refractivity contribution in [3.05, 3.63) is 97.2 Å². The summed E-state index contributed by atoms with van der Waals surface area (Å²) in [6, 6.07) is 0. The van der Waals surface area contributed by atoms with E-state index in [-0.39, 0.29) is 25.2 Å². The second-order valence-corrected chi connectivity index (χ2v) is 16.0. The minimum Gasteiger partial charge on any atom is -0.462 e. The molecule has 0 fully saturated rings. The number of allylic oxidation sites excluding steroid dienone is 16. The summed E-state index contributed by atoms with van der Waals surface area (Å²) >= 11 is 0. The second-order valence-electron chi connectivity index (χ2n) is 16.0. The van der Waals surface area contributed by atoms with E-state index in [2.05, 4.69) is 118 Å². The summed E-state index contributed by atoms with van der Waals surface area (Å²) in [5.41, 5.74) is 0. The average Bonchev–Trinajstić information content (AvgIpc) is 3.25. The summed E-state index contributed by atoms with van der Waals surface area (Å²) in [4.78, 5) is 25.3. The molecule has 0 amide bonds. The van der Waals surface area contributed by atoms with Gasteiger partial charge < -0.3 is 14.2 Å². The third-order valence-corrected chi connectivity index (χ3v) is 10.1. The summed E-state index contributed by atoms with van der Waals surface area (Å²) in [6.07, 6.45) is 67.0. The van der Waals surface area contributed by atoms with E-state index in [1.54, 1.807) is 0 Å². The summed E-state index contributed by atoms with van der Waals surface area (Å²) in [7, 11) is 0. The molecule has 0 bridgehead atoms. The van der Waals surface area contributed by atoms with Crippen molar-refractivity contribution >= 4 is 11.9 Å². The highest BCUT2D eigenvalue weighted by Crippen LogP contribution is 2.13. The molecule has 342 valence electrons. The lowest BCUT2D eigenvalue weighted by Gasteiger charge is -2.18. The molecular formula is C55H92O5. The quantitative estimate of drug-likeness (QED) is 0.0348. The molecule has 0 radical (unpaired) electrons. The van der Waals surface area contributed by atoms with Gasteiger partial charge in [-0.05, 0) is 96.3 Å². The van der Waals surface area contributed by atoms with Crippen LogP contribution in [0.3, 0.4) is 0 Å². The maximum absolute atomic E-state index is 12.7. The molecule has 5 heteroatoms. The second kappa shape index (κ2) is 50.2. The number of rotatable bonds is 44. The minimum atomic E-state index is -0.559. The maximum atomic E-state index is 12.7. The van der Waals surface area contributed by atoms with Gasteiger partial charge in [0.2, 0.25) is 0 Å². The monoisotopic (exact) mass is 833 g/mol. The van der Waals surface area contributed by atoms with Crippen LogP contribution in [0.5, 0.6) is 0 Å². The van der Waals surface area contributed by atoms with Crippen LogP contribution < -0.4 is 0 Å². The Bertz CT molecular complexity index is 1170. The SMILES string of the molecule is CC/C=C\C/C=C\C/C=C\C/C=C\C/C=C\CCCCCC(=O)OCC(COCCCCCCCC/C=C\C/C=C\C/C=C\CC)OC(=O)CCCCCCCCCCC. The Morgan fingerprint density at radius 3 is 1.22 bits per heavy atom. The highest BCUT2D eigenvalue weighted by Gasteiger charge is 2.17. The van der Waals surface area contributed by atoms with Crippen LogP contribution in [0.4, 0.5) is 0 Å². The standard InChI is InChI=1S/C55H92O5/c1-4-7-10-13-16-19-21-23-25-27-28-29-30-32-34-37-39-42-45-48-54(56)59-52-53(60-55(57)49-46-43-40-36-18-15-12-9-6-3)51-58-50-47-44-41-38-35-33-31-26-24-22-20-17-14-11-8-5-2/h7-8,10-11,16-17,19-20,23-26,28-29,32,34,53H,4-6,9,12-15,18,21-22,27,30-31,33,35-52H2,1-3H3/b10-7-,11-8-,19-16-,20-17-,25-23-,26-24-,29-28-,34-32-. The first-order valence-corrected chi connectivity index (χ1v) is 24.8. The van der Waals surface area contributed by atoms with Gasteiger partial charge >= 0.3 is 11.9 Å². The molecule has 0 spiro atoms. The summed E-state index contributed by atoms with van der Waals surface area (Å²) < 4.78 is 17.3. The summed E-state index contributed by atoms with van der Waals surface area (Å²) in [5.74, 6) is -0.448. The van der Waals surface area contributed by atoms with Crippen LogP contribution in [-0.4, -0.2) is 37.9 Å². The average molecular weight is 833 g/mol. The van der Waals surface area contributed by atoms with Crippen LogP contribution >= 0.6 is 0 Å². The predicted molar refractivity (Wildman–Crippen MR) is 260 cm³/mol. The molecule has 0 rings (SSSR count). The number of ether oxygens (including phenoxy) is 3. The molecule has 0 heterocycles. The molecule has 1 atom stereocenters. The van der Waals surface area contributed by atoms with Gasteiger partial charge in [0.15, 0.2) is 6.10 Å². The highest BCUT2D eigenvalue weighted by atomic mass is 16.6. The third-order valence-electron chi connectivity index (χ3n) is 10.1. The van der Waals surface area contributed by atoms with Gasteiger partial charge in [0, 0.05) is 19.4 Å². The smallest absolute Gasteiger partial charge is 0.306 e. The maximum Gasteiger partial charge on any atom is 0.306 e. The van der Waals surface area contributed by atoms with Crippen LogP contribution in [0.25, 0.3) is 0 Å². The topological polar surface area (TPSA) is 61.8 Å². The van der Waals surface area contributed by atoms with Gasteiger partial charge in [-0.25, -0.2) is 0 Å². The Balaban J connectivity index is 4.29. The van der Waals surface area contributed by atoms with E-state index < -0.39 is 6.10 Å². The Kier molecular flexibility index (Phi) is 47.5. The zero-order valence-corrected chi connectivity index (χ0v) is 39.2. The fourth-order valence-corrected chi connectivity index (χ4v) is 6.49. The Morgan fingerprint density at radius 2 is 0.750 bits per heavy atom. The fraction of sp³-hybridized carbons (Fsp3) is 0.673. The molecule has 0 N–H and O–H groups in total. The number of carbonyl (C=O) groups excluding carboxylic acids is 2. The molecule has 1 unspecified atom stereocenters. The number of hydrogen-bond donors (Lipinski definition) is 0. The normalized spacial score (nSPS) is 13.1. The first kappa shape index (κ1) is 56.8. The molecule has 0 aromatic rings. The van der Waals surface area contributed by atoms with Gasteiger partial charge in [-0.15, -0.1) is 0 Å². The van der Waals surface area contributed by atoms with Crippen molar-refractivity contribution in [3.63, 3.8) is 0 Å². The first-order valence-electron chi connectivity index (χ1n) is 24.8. The van der Waals surface area contributed by atoms with E-state index in [9.17, 15) is 9.59 Å². The molecule has 0 saturated heterocycles. The van der Waals surface area contributed by atoms with E-state index in [1.807, 2.05) is 0 Å². The summed E-state index contributed by atoms with van der Waals surface area (Å²) in [5, 5.41) is 0. The number of unbranched alkanes of at least 4 members (excludes halogenated alkanes) is 17. The Morgan fingerprint density at radius 1 is 0.383 bits per heavy atom. The van der Waals surface area contributed by atoms with Crippen molar-refractivity contribution in [1.29, 1.82) is 0 Å². The van der Waals surface area contributed by atoms with E-state index in [1.165, 1.54) is 70.6 Å². The predicted octanol–water partition coefficient (Wildman–Crippen LogP) is 16.7. The van der Waals surface area contributed by atoms with Crippen LogP contribution in [-0.2, 0) is 23.8 Å².